The number of aromatic nitrogens is 2. The van der Waals surface area contributed by atoms with Gasteiger partial charge in [0.25, 0.3) is 5.56 Å². The Labute approximate surface area is 66.5 Å². The Morgan fingerprint density at radius 2 is 2.36 bits per heavy atom. The van der Waals surface area contributed by atoms with Crippen LogP contribution in [0.1, 0.15) is 12.5 Å². The number of nitrogens with zero attached hydrogens (tertiary/aromatic N) is 2. The summed E-state index contributed by atoms with van der Waals surface area (Å²) in [5.41, 5.74) is 0.905. The largest absolute Gasteiger partial charge is 0.269 e. The van der Waals surface area contributed by atoms with Gasteiger partial charge < -0.3 is 0 Å². The van der Waals surface area contributed by atoms with Crippen LogP contribution >= 0.6 is 0 Å². The lowest BCUT2D eigenvalue weighted by atomic mass is 9.92. The summed E-state index contributed by atoms with van der Waals surface area (Å²) >= 11 is 0. The molecule has 0 aliphatic carbocycles. The van der Waals surface area contributed by atoms with Gasteiger partial charge in [-0.05, 0) is 17.4 Å². The summed E-state index contributed by atoms with van der Waals surface area (Å²) in [6.07, 6.45) is 2.37. The molecule has 0 atom stereocenters. The summed E-state index contributed by atoms with van der Waals surface area (Å²) in [6.45, 7) is 1.94. The first-order valence-corrected chi connectivity index (χ1v) is 3.47. The van der Waals surface area contributed by atoms with Gasteiger partial charge in [0, 0.05) is 7.05 Å². The Bertz CT molecular complexity index is 319. The SMILES string of the molecule is [B]c1c(CC)cnn(C)c1=O. The zero-order chi connectivity index (χ0) is 8.43. The lowest BCUT2D eigenvalue weighted by Gasteiger charge is -2.02. The molecule has 0 amide bonds. The minimum atomic E-state index is -0.218. The quantitative estimate of drug-likeness (QED) is 0.485. The maximum absolute atomic E-state index is 11.1. The van der Waals surface area contributed by atoms with Crippen molar-refractivity contribution in [2.75, 3.05) is 0 Å². The Balaban J connectivity index is 3.37. The summed E-state index contributed by atoms with van der Waals surface area (Å²) < 4.78 is 1.23. The van der Waals surface area contributed by atoms with E-state index in [0.717, 1.165) is 12.0 Å². The van der Waals surface area contributed by atoms with E-state index in [1.54, 1.807) is 13.2 Å². The molecular formula is C7H9BN2O. The Kier molecular flexibility index (Phi) is 2.12. The maximum Gasteiger partial charge on any atom is 0.259 e. The molecule has 1 aromatic rings. The van der Waals surface area contributed by atoms with E-state index in [1.807, 2.05) is 6.92 Å². The van der Waals surface area contributed by atoms with Gasteiger partial charge in [-0.1, -0.05) is 6.92 Å². The van der Waals surface area contributed by atoms with Crippen LogP contribution in [0.4, 0.5) is 0 Å². The van der Waals surface area contributed by atoms with Crippen molar-refractivity contribution < 1.29 is 0 Å². The predicted molar refractivity (Wildman–Crippen MR) is 44.2 cm³/mol. The van der Waals surface area contributed by atoms with Gasteiger partial charge in [-0.2, -0.15) is 5.10 Å². The first kappa shape index (κ1) is 8.05. The Morgan fingerprint density at radius 1 is 1.73 bits per heavy atom. The molecule has 2 radical (unpaired) electrons. The fraction of sp³-hybridized carbons (Fsp3) is 0.429. The number of hydrogen-bond donors (Lipinski definition) is 0. The molecule has 1 aromatic heterocycles. The molecule has 0 bridgehead atoms. The van der Waals surface area contributed by atoms with Crippen LogP contribution in [0.15, 0.2) is 11.0 Å². The lowest BCUT2D eigenvalue weighted by Crippen LogP contribution is -2.36. The summed E-state index contributed by atoms with van der Waals surface area (Å²) in [6, 6.07) is 0. The van der Waals surface area contributed by atoms with Crippen LogP contribution in [0.25, 0.3) is 0 Å². The number of aryl methyl sites for hydroxylation is 2. The van der Waals surface area contributed by atoms with E-state index in [0.29, 0.717) is 5.46 Å². The summed E-state index contributed by atoms with van der Waals surface area (Å²) in [5, 5.41) is 3.83. The van der Waals surface area contributed by atoms with Crippen LogP contribution in [-0.4, -0.2) is 17.6 Å². The van der Waals surface area contributed by atoms with E-state index in [2.05, 4.69) is 5.10 Å². The molecule has 0 fully saturated rings. The average Bonchev–Trinajstić information content (AvgIpc) is 2.01. The molecule has 0 unspecified atom stereocenters. The number of rotatable bonds is 1. The standard InChI is InChI=1S/C7H9BN2O/c1-3-5-4-9-10(2)7(11)6(5)8/h4H,3H2,1-2H3. The minimum Gasteiger partial charge on any atom is -0.269 e. The predicted octanol–water partition coefficient (Wildman–Crippen LogP) is -0.864. The lowest BCUT2D eigenvalue weighted by molar-refractivity contribution is 0.706. The van der Waals surface area contributed by atoms with Gasteiger partial charge in [0.15, 0.2) is 0 Å². The van der Waals surface area contributed by atoms with Crippen LogP contribution in [0.5, 0.6) is 0 Å². The second kappa shape index (κ2) is 2.90. The molecule has 0 N–H and O–H groups in total. The van der Waals surface area contributed by atoms with Crippen molar-refractivity contribution >= 4 is 13.3 Å². The molecule has 11 heavy (non-hydrogen) atoms. The van der Waals surface area contributed by atoms with E-state index in [-0.39, 0.29) is 5.56 Å². The van der Waals surface area contributed by atoms with Gasteiger partial charge in [0.2, 0.25) is 0 Å². The molecule has 0 spiro atoms. The first-order chi connectivity index (χ1) is 5.16. The van der Waals surface area contributed by atoms with Gasteiger partial charge in [0.05, 0.1) is 6.20 Å². The molecule has 0 aromatic carbocycles. The zero-order valence-corrected chi connectivity index (χ0v) is 6.66. The van der Waals surface area contributed by atoms with Gasteiger partial charge in [-0.3, -0.25) is 4.79 Å². The van der Waals surface area contributed by atoms with Gasteiger partial charge in [-0.15, -0.1) is 0 Å². The third-order valence-electron chi connectivity index (χ3n) is 1.64. The van der Waals surface area contributed by atoms with Crippen molar-refractivity contribution in [1.29, 1.82) is 0 Å². The third-order valence-corrected chi connectivity index (χ3v) is 1.64. The highest BCUT2D eigenvalue weighted by Gasteiger charge is 2.00. The van der Waals surface area contributed by atoms with E-state index in [4.69, 9.17) is 7.85 Å². The summed E-state index contributed by atoms with van der Waals surface area (Å²) in [7, 11) is 7.10. The van der Waals surface area contributed by atoms with Crippen LogP contribution in [0.3, 0.4) is 0 Å². The van der Waals surface area contributed by atoms with E-state index < -0.39 is 0 Å². The summed E-state index contributed by atoms with van der Waals surface area (Å²) in [4.78, 5) is 11.1. The topological polar surface area (TPSA) is 34.9 Å². The van der Waals surface area contributed by atoms with Crippen molar-refractivity contribution in [3.05, 3.63) is 22.1 Å². The monoisotopic (exact) mass is 148 g/mol. The maximum atomic E-state index is 11.1. The van der Waals surface area contributed by atoms with Crippen molar-refractivity contribution in [2.24, 2.45) is 7.05 Å². The minimum absolute atomic E-state index is 0.218. The smallest absolute Gasteiger partial charge is 0.259 e. The molecule has 0 aliphatic heterocycles. The fourth-order valence-corrected chi connectivity index (χ4v) is 0.872. The van der Waals surface area contributed by atoms with Gasteiger partial charge in [0.1, 0.15) is 7.85 Å². The fourth-order valence-electron chi connectivity index (χ4n) is 0.872. The highest BCUT2D eigenvalue weighted by atomic mass is 16.1. The molecular weight excluding hydrogens is 139 g/mol. The third kappa shape index (κ3) is 1.34. The van der Waals surface area contributed by atoms with Crippen LogP contribution in [0, 0.1) is 0 Å². The summed E-state index contributed by atoms with van der Waals surface area (Å²) in [5.74, 6) is 0. The van der Waals surface area contributed by atoms with Crippen LogP contribution < -0.4 is 11.0 Å². The van der Waals surface area contributed by atoms with Crippen LogP contribution in [0.2, 0.25) is 0 Å². The zero-order valence-electron chi connectivity index (χ0n) is 6.66. The van der Waals surface area contributed by atoms with Crippen molar-refractivity contribution in [1.82, 2.24) is 9.78 Å². The van der Waals surface area contributed by atoms with E-state index in [1.165, 1.54) is 4.68 Å². The highest BCUT2D eigenvalue weighted by Crippen LogP contribution is 1.87. The van der Waals surface area contributed by atoms with Crippen molar-refractivity contribution in [3.63, 3.8) is 0 Å². The molecule has 0 saturated heterocycles. The molecule has 56 valence electrons. The second-order valence-electron chi connectivity index (χ2n) is 2.37. The van der Waals surface area contributed by atoms with Crippen molar-refractivity contribution in [2.45, 2.75) is 13.3 Å². The second-order valence-corrected chi connectivity index (χ2v) is 2.37. The Morgan fingerprint density at radius 3 is 2.91 bits per heavy atom. The molecule has 1 rings (SSSR count). The molecule has 0 saturated carbocycles. The highest BCUT2D eigenvalue weighted by molar-refractivity contribution is 6.32. The van der Waals surface area contributed by atoms with Gasteiger partial charge in [-0.25, -0.2) is 4.68 Å². The molecule has 3 nitrogen and oxygen atoms in total. The van der Waals surface area contributed by atoms with Crippen LogP contribution in [-0.2, 0) is 13.5 Å². The Hall–Kier alpha value is -1.06. The number of hydrogen-bond acceptors (Lipinski definition) is 2. The van der Waals surface area contributed by atoms with Crippen molar-refractivity contribution in [3.8, 4) is 0 Å². The van der Waals surface area contributed by atoms with E-state index >= 15 is 0 Å². The molecule has 0 aliphatic rings. The normalized spacial score (nSPS) is 10.0. The molecule has 4 heteroatoms. The molecule has 1 heterocycles. The average molecular weight is 148 g/mol. The van der Waals surface area contributed by atoms with Gasteiger partial charge >= 0.3 is 0 Å². The first-order valence-electron chi connectivity index (χ1n) is 3.47. The van der Waals surface area contributed by atoms with E-state index in [9.17, 15) is 4.79 Å².